The maximum atomic E-state index is 12.9. The molecule has 0 radical (unpaired) electrons. The monoisotopic (exact) mass is 349 g/mol. The fraction of sp³-hybridized carbons (Fsp3) is 0.294. The van der Waals surface area contributed by atoms with Crippen molar-refractivity contribution in [2.24, 2.45) is 0 Å². The van der Waals surface area contributed by atoms with Gasteiger partial charge in [0, 0.05) is 11.9 Å². The largest absolute Gasteiger partial charge is 0.459 e. The van der Waals surface area contributed by atoms with E-state index in [0.29, 0.717) is 16.5 Å². The molecule has 0 spiro atoms. The van der Waals surface area contributed by atoms with Gasteiger partial charge in [0.15, 0.2) is 0 Å². The molecule has 6 heteroatoms. The summed E-state index contributed by atoms with van der Waals surface area (Å²) in [5, 5.41) is 2.77. The topological polar surface area (TPSA) is 50.5 Å². The van der Waals surface area contributed by atoms with E-state index in [4.69, 9.17) is 4.42 Å². The summed E-state index contributed by atoms with van der Waals surface area (Å²) in [4.78, 5) is 0. The zero-order valence-corrected chi connectivity index (χ0v) is 14.7. The van der Waals surface area contributed by atoms with Gasteiger partial charge in [0.05, 0.1) is 6.04 Å². The lowest BCUT2D eigenvalue weighted by Crippen LogP contribution is -2.33. The van der Waals surface area contributed by atoms with E-state index in [1.54, 1.807) is 17.5 Å². The second-order valence-electron chi connectivity index (χ2n) is 5.41. The molecular weight excluding hydrogens is 330 g/mol. The van der Waals surface area contributed by atoms with Crippen molar-refractivity contribution in [3.8, 4) is 0 Å². The van der Waals surface area contributed by atoms with Crippen molar-refractivity contribution in [3.63, 3.8) is 0 Å². The SMILES string of the molecule is CCCN([C@@H](C)c1cc2ccccc2o1)S(=O)(=O)c1cccs1. The Bertz CT molecular complexity index is 849. The quantitative estimate of drug-likeness (QED) is 0.650. The molecule has 2 heterocycles. The van der Waals surface area contributed by atoms with Crippen molar-refractivity contribution in [1.29, 1.82) is 0 Å². The fourth-order valence-corrected chi connectivity index (χ4v) is 5.43. The molecule has 0 bridgehead atoms. The molecule has 1 atom stereocenters. The van der Waals surface area contributed by atoms with Crippen LogP contribution in [0.4, 0.5) is 0 Å². The molecule has 0 aliphatic carbocycles. The van der Waals surface area contributed by atoms with Crippen LogP contribution in [-0.4, -0.2) is 19.3 Å². The van der Waals surface area contributed by atoms with Crippen LogP contribution in [0.2, 0.25) is 0 Å². The third-order valence-electron chi connectivity index (χ3n) is 3.79. The third kappa shape index (κ3) is 3.06. The Morgan fingerprint density at radius 2 is 2.00 bits per heavy atom. The van der Waals surface area contributed by atoms with Crippen LogP contribution in [0.5, 0.6) is 0 Å². The molecule has 23 heavy (non-hydrogen) atoms. The van der Waals surface area contributed by atoms with Gasteiger partial charge < -0.3 is 4.42 Å². The number of nitrogens with zero attached hydrogens (tertiary/aromatic N) is 1. The van der Waals surface area contributed by atoms with Gasteiger partial charge in [-0.25, -0.2) is 8.42 Å². The first-order valence-corrected chi connectivity index (χ1v) is 9.90. The lowest BCUT2D eigenvalue weighted by molar-refractivity contribution is 0.306. The molecule has 0 fully saturated rings. The van der Waals surface area contributed by atoms with Crippen LogP contribution in [-0.2, 0) is 10.0 Å². The average molecular weight is 349 g/mol. The van der Waals surface area contributed by atoms with Gasteiger partial charge in [-0.1, -0.05) is 31.2 Å². The van der Waals surface area contributed by atoms with E-state index >= 15 is 0 Å². The number of para-hydroxylation sites is 1. The van der Waals surface area contributed by atoms with Crippen LogP contribution < -0.4 is 0 Å². The first-order chi connectivity index (χ1) is 11.0. The number of furan rings is 1. The molecule has 122 valence electrons. The van der Waals surface area contributed by atoms with Crippen molar-refractivity contribution in [3.05, 3.63) is 53.6 Å². The van der Waals surface area contributed by atoms with Gasteiger partial charge in [0.1, 0.15) is 15.6 Å². The van der Waals surface area contributed by atoms with Gasteiger partial charge in [0.2, 0.25) is 0 Å². The van der Waals surface area contributed by atoms with Crippen LogP contribution in [0.15, 0.2) is 56.5 Å². The van der Waals surface area contributed by atoms with E-state index in [2.05, 4.69) is 0 Å². The highest BCUT2D eigenvalue weighted by Gasteiger charge is 2.31. The Kier molecular flexibility index (Phi) is 4.57. The van der Waals surface area contributed by atoms with Gasteiger partial charge >= 0.3 is 0 Å². The number of benzene rings is 1. The van der Waals surface area contributed by atoms with Gasteiger partial charge in [0.25, 0.3) is 10.0 Å². The predicted molar refractivity (Wildman–Crippen MR) is 93.1 cm³/mol. The summed E-state index contributed by atoms with van der Waals surface area (Å²) in [5.41, 5.74) is 0.777. The minimum absolute atomic E-state index is 0.352. The smallest absolute Gasteiger partial charge is 0.253 e. The number of hydrogen-bond acceptors (Lipinski definition) is 4. The molecule has 0 aliphatic rings. The maximum absolute atomic E-state index is 12.9. The Balaban J connectivity index is 2.00. The molecule has 0 amide bonds. The summed E-state index contributed by atoms with van der Waals surface area (Å²) < 4.78 is 33.6. The highest BCUT2D eigenvalue weighted by molar-refractivity contribution is 7.91. The molecule has 0 unspecified atom stereocenters. The first kappa shape index (κ1) is 16.2. The molecule has 0 saturated carbocycles. The van der Waals surface area contributed by atoms with Crippen molar-refractivity contribution >= 4 is 32.3 Å². The number of fused-ring (bicyclic) bond motifs is 1. The molecule has 1 aromatic carbocycles. The van der Waals surface area contributed by atoms with Crippen molar-refractivity contribution < 1.29 is 12.8 Å². The van der Waals surface area contributed by atoms with Crippen molar-refractivity contribution in [2.45, 2.75) is 30.5 Å². The summed E-state index contributed by atoms with van der Waals surface area (Å²) in [7, 11) is -3.51. The Morgan fingerprint density at radius 3 is 2.65 bits per heavy atom. The summed E-state index contributed by atoms with van der Waals surface area (Å²) in [6.07, 6.45) is 0.745. The molecule has 0 N–H and O–H groups in total. The highest BCUT2D eigenvalue weighted by Crippen LogP contribution is 2.32. The van der Waals surface area contributed by atoms with E-state index in [1.165, 1.54) is 15.6 Å². The van der Waals surface area contributed by atoms with Gasteiger partial charge in [-0.05, 0) is 36.9 Å². The fourth-order valence-electron chi connectivity index (χ4n) is 2.62. The molecule has 3 rings (SSSR count). The number of sulfonamides is 1. The van der Waals surface area contributed by atoms with Crippen molar-refractivity contribution in [2.75, 3.05) is 6.54 Å². The standard InChI is InChI=1S/C17H19NO3S2/c1-3-10-18(23(19,20)17-9-6-11-22-17)13(2)16-12-14-7-4-5-8-15(14)21-16/h4-9,11-13H,3,10H2,1-2H3/t13-/m0/s1. The summed E-state index contributed by atoms with van der Waals surface area (Å²) in [6.45, 7) is 4.30. The second kappa shape index (κ2) is 6.47. The van der Waals surface area contributed by atoms with Crippen LogP contribution in [0.1, 0.15) is 32.1 Å². The van der Waals surface area contributed by atoms with E-state index in [-0.39, 0.29) is 6.04 Å². The Morgan fingerprint density at radius 1 is 1.22 bits per heavy atom. The van der Waals surface area contributed by atoms with Gasteiger partial charge in [-0.3, -0.25) is 0 Å². The summed E-state index contributed by atoms with van der Waals surface area (Å²) in [5.74, 6) is 0.666. The Hall–Kier alpha value is -1.63. The lowest BCUT2D eigenvalue weighted by Gasteiger charge is -2.26. The molecule has 0 saturated heterocycles. The van der Waals surface area contributed by atoms with E-state index in [9.17, 15) is 8.42 Å². The zero-order chi connectivity index (χ0) is 16.4. The number of hydrogen-bond donors (Lipinski definition) is 0. The summed E-state index contributed by atoms with van der Waals surface area (Å²) in [6, 6.07) is 12.7. The van der Waals surface area contributed by atoms with E-state index < -0.39 is 10.0 Å². The maximum Gasteiger partial charge on any atom is 0.253 e. The Labute approximate surface area is 140 Å². The molecular formula is C17H19NO3S2. The number of thiophene rings is 1. The van der Waals surface area contributed by atoms with E-state index in [0.717, 1.165) is 17.4 Å². The highest BCUT2D eigenvalue weighted by atomic mass is 32.2. The van der Waals surface area contributed by atoms with Crippen LogP contribution >= 0.6 is 11.3 Å². The van der Waals surface area contributed by atoms with Gasteiger partial charge in [-0.2, -0.15) is 4.31 Å². The van der Waals surface area contributed by atoms with Crippen LogP contribution in [0.3, 0.4) is 0 Å². The minimum atomic E-state index is -3.51. The lowest BCUT2D eigenvalue weighted by atomic mass is 10.2. The van der Waals surface area contributed by atoms with Crippen molar-refractivity contribution in [1.82, 2.24) is 4.31 Å². The first-order valence-electron chi connectivity index (χ1n) is 7.58. The van der Waals surface area contributed by atoms with Crippen LogP contribution in [0, 0.1) is 0 Å². The molecule has 3 aromatic rings. The van der Waals surface area contributed by atoms with Crippen LogP contribution in [0.25, 0.3) is 11.0 Å². The molecule has 2 aromatic heterocycles. The zero-order valence-electron chi connectivity index (χ0n) is 13.1. The second-order valence-corrected chi connectivity index (χ2v) is 8.48. The average Bonchev–Trinajstić information content (AvgIpc) is 3.20. The third-order valence-corrected chi connectivity index (χ3v) is 7.13. The van der Waals surface area contributed by atoms with E-state index in [1.807, 2.05) is 44.2 Å². The normalized spacial score (nSPS) is 13.7. The predicted octanol–water partition coefficient (Wildman–Crippen LogP) is 4.66. The molecule has 4 nitrogen and oxygen atoms in total. The molecule has 0 aliphatic heterocycles. The summed E-state index contributed by atoms with van der Waals surface area (Å²) >= 11 is 1.24. The van der Waals surface area contributed by atoms with Gasteiger partial charge in [-0.15, -0.1) is 11.3 Å². The number of rotatable bonds is 6. The minimum Gasteiger partial charge on any atom is -0.459 e.